The number of hydrogen-bond acceptors (Lipinski definition) is 0. The first kappa shape index (κ1) is 28.5. The van der Waals surface area contributed by atoms with Crippen LogP contribution >= 0.6 is 0 Å². The van der Waals surface area contributed by atoms with E-state index in [1.165, 1.54) is 98.4 Å². The molecule has 0 fully saturated rings. The van der Waals surface area contributed by atoms with Crippen LogP contribution in [0.15, 0.2) is 194 Å². The first-order valence-corrected chi connectivity index (χ1v) is 17.3. The highest BCUT2D eigenvalue weighted by Gasteiger charge is 2.16. The zero-order valence-electron chi connectivity index (χ0n) is 27.5. The summed E-state index contributed by atoms with van der Waals surface area (Å²) in [5.41, 5.74) is 9.78. The van der Waals surface area contributed by atoms with Gasteiger partial charge >= 0.3 is 0 Å². The maximum absolute atomic E-state index is 2.42. The van der Waals surface area contributed by atoms with E-state index in [9.17, 15) is 0 Å². The fraction of sp³-hybridized carbons (Fsp3) is 0. The summed E-state index contributed by atoms with van der Waals surface area (Å²) < 4.78 is 0. The van der Waals surface area contributed by atoms with Gasteiger partial charge in [0.05, 0.1) is 0 Å². The van der Waals surface area contributed by atoms with Crippen LogP contribution in [0.4, 0.5) is 0 Å². The Labute approximate surface area is 291 Å². The Bertz CT molecular complexity index is 2730. The van der Waals surface area contributed by atoms with E-state index in [4.69, 9.17) is 0 Å². The molecule has 0 radical (unpaired) electrons. The molecule has 0 saturated carbocycles. The van der Waals surface area contributed by atoms with E-state index >= 15 is 0 Å². The van der Waals surface area contributed by atoms with E-state index in [1.54, 1.807) is 0 Å². The third kappa shape index (κ3) is 4.93. The standard InChI is InChI=1S/C50H32/c1-5-13-37-25-41(21-17-33(37)9-1)45-29-47(43-23-19-35-11-3-7-15-39(35)27-43)50-32-46(42-22-18-34-10-2-6-14-38(34)26-42)30-48(49(50)31-45)44-24-20-36-12-4-8-16-40(36)28-44/h1-32H. The second-order valence-corrected chi connectivity index (χ2v) is 13.4. The van der Waals surface area contributed by atoms with Gasteiger partial charge in [0.25, 0.3) is 0 Å². The Balaban J connectivity index is 1.31. The van der Waals surface area contributed by atoms with E-state index in [0.29, 0.717) is 0 Å². The van der Waals surface area contributed by atoms with Crippen LogP contribution in [0.25, 0.3) is 98.4 Å². The summed E-state index contributed by atoms with van der Waals surface area (Å²) >= 11 is 0. The summed E-state index contributed by atoms with van der Waals surface area (Å²) in [7, 11) is 0. The highest BCUT2D eigenvalue weighted by molar-refractivity contribution is 6.11. The second kappa shape index (κ2) is 11.6. The van der Waals surface area contributed by atoms with Crippen molar-refractivity contribution in [1.82, 2.24) is 0 Å². The van der Waals surface area contributed by atoms with Gasteiger partial charge in [0.15, 0.2) is 0 Å². The Kier molecular flexibility index (Phi) is 6.60. The predicted octanol–water partition coefficient (Wildman–Crippen LogP) is 14.1. The molecule has 0 aliphatic heterocycles. The van der Waals surface area contributed by atoms with Crippen molar-refractivity contribution in [2.75, 3.05) is 0 Å². The summed E-state index contributed by atoms with van der Waals surface area (Å²) in [5.74, 6) is 0. The maximum Gasteiger partial charge on any atom is -0.00926 e. The van der Waals surface area contributed by atoms with Crippen molar-refractivity contribution in [3.05, 3.63) is 194 Å². The lowest BCUT2D eigenvalue weighted by molar-refractivity contribution is 1.62. The Morgan fingerprint density at radius 2 is 0.460 bits per heavy atom. The van der Waals surface area contributed by atoms with Gasteiger partial charge < -0.3 is 0 Å². The molecule has 0 nitrogen and oxygen atoms in total. The number of rotatable bonds is 4. The molecular weight excluding hydrogens is 601 g/mol. The van der Waals surface area contributed by atoms with Crippen molar-refractivity contribution in [2.24, 2.45) is 0 Å². The first-order valence-electron chi connectivity index (χ1n) is 17.3. The molecule has 10 rings (SSSR count). The van der Waals surface area contributed by atoms with Gasteiger partial charge in [-0.2, -0.15) is 0 Å². The second-order valence-electron chi connectivity index (χ2n) is 13.4. The van der Waals surface area contributed by atoms with Crippen LogP contribution in [0.2, 0.25) is 0 Å². The minimum Gasteiger partial charge on any atom is -0.0616 e. The van der Waals surface area contributed by atoms with Crippen molar-refractivity contribution in [1.29, 1.82) is 0 Å². The minimum absolute atomic E-state index is 1.21. The predicted molar refractivity (Wildman–Crippen MR) is 216 cm³/mol. The van der Waals surface area contributed by atoms with Gasteiger partial charge in [-0.05, 0) is 147 Å². The lowest BCUT2D eigenvalue weighted by Gasteiger charge is -2.18. The Hall–Kier alpha value is -6.50. The minimum atomic E-state index is 1.21. The molecular formula is C50H32. The van der Waals surface area contributed by atoms with Crippen LogP contribution in [-0.4, -0.2) is 0 Å². The molecule has 0 heteroatoms. The molecule has 0 aromatic heterocycles. The maximum atomic E-state index is 2.42. The number of fused-ring (bicyclic) bond motifs is 5. The number of hydrogen-bond donors (Lipinski definition) is 0. The molecule has 0 heterocycles. The van der Waals surface area contributed by atoms with Crippen LogP contribution in [0.3, 0.4) is 0 Å². The van der Waals surface area contributed by atoms with Crippen molar-refractivity contribution in [2.45, 2.75) is 0 Å². The fourth-order valence-corrected chi connectivity index (χ4v) is 7.72. The van der Waals surface area contributed by atoms with Gasteiger partial charge in [-0.15, -0.1) is 0 Å². The zero-order chi connectivity index (χ0) is 33.0. The van der Waals surface area contributed by atoms with Crippen molar-refractivity contribution >= 4 is 53.9 Å². The Morgan fingerprint density at radius 3 is 0.800 bits per heavy atom. The topological polar surface area (TPSA) is 0 Å². The molecule has 50 heavy (non-hydrogen) atoms. The third-order valence-electron chi connectivity index (χ3n) is 10.4. The van der Waals surface area contributed by atoms with Gasteiger partial charge in [0, 0.05) is 0 Å². The quantitative estimate of drug-likeness (QED) is 0.181. The molecule has 0 unspecified atom stereocenters. The molecule has 0 saturated heterocycles. The summed E-state index contributed by atoms with van der Waals surface area (Å²) in [6, 6.07) is 71.7. The van der Waals surface area contributed by atoms with E-state index in [0.717, 1.165) is 0 Å². The lowest BCUT2D eigenvalue weighted by Crippen LogP contribution is -1.91. The average molecular weight is 633 g/mol. The summed E-state index contributed by atoms with van der Waals surface area (Å²) in [5, 5.41) is 12.5. The van der Waals surface area contributed by atoms with Crippen molar-refractivity contribution in [3.8, 4) is 44.5 Å². The van der Waals surface area contributed by atoms with Gasteiger partial charge in [0.2, 0.25) is 0 Å². The molecule has 0 amide bonds. The molecule has 0 aliphatic carbocycles. The molecule has 232 valence electrons. The van der Waals surface area contributed by atoms with Crippen molar-refractivity contribution < 1.29 is 0 Å². The highest BCUT2D eigenvalue weighted by atomic mass is 14.2. The van der Waals surface area contributed by atoms with Crippen LogP contribution in [0.5, 0.6) is 0 Å². The molecule has 0 atom stereocenters. The van der Waals surface area contributed by atoms with E-state index < -0.39 is 0 Å². The lowest BCUT2D eigenvalue weighted by atomic mass is 9.85. The fourth-order valence-electron chi connectivity index (χ4n) is 7.72. The summed E-state index contributed by atoms with van der Waals surface area (Å²) in [6.07, 6.45) is 0. The largest absolute Gasteiger partial charge is 0.0616 e. The van der Waals surface area contributed by atoms with E-state index in [-0.39, 0.29) is 0 Å². The smallest absolute Gasteiger partial charge is 0.00926 e. The monoisotopic (exact) mass is 632 g/mol. The third-order valence-corrected chi connectivity index (χ3v) is 10.4. The van der Waals surface area contributed by atoms with Crippen molar-refractivity contribution in [3.63, 3.8) is 0 Å². The van der Waals surface area contributed by atoms with E-state index in [2.05, 4.69) is 194 Å². The summed E-state index contributed by atoms with van der Waals surface area (Å²) in [4.78, 5) is 0. The summed E-state index contributed by atoms with van der Waals surface area (Å²) in [6.45, 7) is 0. The molecule has 10 aromatic carbocycles. The van der Waals surface area contributed by atoms with Gasteiger partial charge in [0.1, 0.15) is 0 Å². The van der Waals surface area contributed by atoms with Crippen LogP contribution in [-0.2, 0) is 0 Å². The van der Waals surface area contributed by atoms with Crippen LogP contribution < -0.4 is 0 Å². The molecule has 0 bridgehead atoms. The van der Waals surface area contributed by atoms with E-state index in [1.807, 2.05) is 0 Å². The normalized spacial score (nSPS) is 11.6. The van der Waals surface area contributed by atoms with Crippen LogP contribution in [0.1, 0.15) is 0 Å². The number of benzene rings is 10. The molecule has 0 N–H and O–H groups in total. The average Bonchev–Trinajstić information content (AvgIpc) is 3.19. The first-order chi connectivity index (χ1) is 24.7. The Morgan fingerprint density at radius 1 is 0.180 bits per heavy atom. The van der Waals surface area contributed by atoms with Gasteiger partial charge in [-0.25, -0.2) is 0 Å². The SMILES string of the molecule is c1ccc2cc(-c3cc(-c4ccc5ccccc5c4)c4cc(-c5ccc6ccccc6c5)cc(-c5ccc6ccccc6c5)c4c3)ccc2c1. The van der Waals surface area contributed by atoms with Gasteiger partial charge in [-0.3, -0.25) is 0 Å². The molecule has 10 aromatic rings. The zero-order valence-corrected chi connectivity index (χ0v) is 27.5. The van der Waals surface area contributed by atoms with Gasteiger partial charge in [-0.1, -0.05) is 146 Å². The molecule has 0 spiro atoms. The highest BCUT2D eigenvalue weighted by Crippen LogP contribution is 2.43. The van der Waals surface area contributed by atoms with Crippen LogP contribution in [0, 0.1) is 0 Å². The molecule has 0 aliphatic rings.